The highest BCUT2D eigenvalue weighted by Gasteiger charge is 2.36. The van der Waals surface area contributed by atoms with Gasteiger partial charge in [0.15, 0.2) is 6.04 Å². The Kier molecular flexibility index (Phi) is 8.28. The van der Waals surface area contributed by atoms with Gasteiger partial charge in [0.05, 0.1) is 0 Å². The van der Waals surface area contributed by atoms with Crippen LogP contribution in [0.1, 0.15) is 58.7 Å². The third-order valence-corrected chi connectivity index (χ3v) is 3.98. The zero-order valence-corrected chi connectivity index (χ0v) is 18.6. The summed E-state index contributed by atoms with van der Waals surface area (Å²) in [6.45, 7) is 11.7. The Hall–Kier alpha value is -3.21. The first-order chi connectivity index (χ1) is 13.8. The maximum Gasteiger partial charge on any atom is 0.408 e. The average Bonchev–Trinajstić information content (AvgIpc) is 2.59. The highest BCUT2D eigenvalue weighted by Crippen LogP contribution is 2.32. The van der Waals surface area contributed by atoms with Crippen LogP contribution in [0.25, 0.3) is 0 Å². The van der Waals surface area contributed by atoms with Crippen LogP contribution in [0.4, 0.5) is 4.79 Å². The van der Waals surface area contributed by atoms with Crippen molar-refractivity contribution < 1.29 is 24.2 Å². The van der Waals surface area contributed by atoms with E-state index in [2.05, 4.69) is 16.7 Å². The number of amides is 3. The van der Waals surface area contributed by atoms with Gasteiger partial charge in [0.25, 0.3) is 5.91 Å². The van der Waals surface area contributed by atoms with Crippen molar-refractivity contribution in [1.82, 2.24) is 15.5 Å². The van der Waals surface area contributed by atoms with E-state index in [0.717, 1.165) is 4.90 Å². The lowest BCUT2D eigenvalue weighted by Gasteiger charge is -2.30. The number of nitrogens with one attached hydrogen (secondary N) is 2. The number of hydrogen-bond acceptors (Lipinski definition) is 5. The number of hydrogen-bond donors (Lipinski definition) is 3. The number of para-hydroxylation sites is 1. The number of aryl methyl sites for hydroxylation is 1. The topological polar surface area (TPSA) is 108 Å². The van der Waals surface area contributed by atoms with Crippen LogP contribution >= 0.6 is 0 Å². The Morgan fingerprint density at radius 3 is 2.27 bits per heavy atom. The van der Waals surface area contributed by atoms with Gasteiger partial charge in [-0.15, -0.1) is 0 Å². The standard InChI is InChI=1S/C22H31N3O5/c1-9-25(20(28)15(5)24-21(29)30-22(6,7)8)17(19(27)23-13(2)3)16-12-10-11-14(4)18(16)26/h1,10-13,15,17,26H,2-8H3,(H,23,27)(H,24,29). The largest absolute Gasteiger partial charge is 0.507 e. The van der Waals surface area contributed by atoms with Gasteiger partial charge in [0.1, 0.15) is 17.4 Å². The Labute approximate surface area is 178 Å². The second-order valence-corrected chi connectivity index (χ2v) is 8.28. The maximum absolute atomic E-state index is 13.0. The molecule has 3 N–H and O–H groups in total. The Bertz CT molecular complexity index is 836. The lowest BCUT2D eigenvalue weighted by molar-refractivity contribution is -0.138. The molecule has 0 aliphatic carbocycles. The molecule has 0 radical (unpaired) electrons. The first-order valence-electron chi connectivity index (χ1n) is 9.66. The number of ether oxygens (including phenoxy) is 1. The molecule has 1 aromatic rings. The van der Waals surface area contributed by atoms with Gasteiger partial charge in [0.2, 0.25) is 5.91 Å². The van der Waals surface area contributed by atoms with Gasteiger partial charge >= 0.3 is 6.09 Å². The van der Waals surface area contributed by atoms with Crippen LogP contribution in [0.3, 0.4) is 0 Å². The van der Waals surface area contributed by atoms with Gasteiger partial charge in [0, 0.05) is 17.6 Å². The van der Waals surface area contributed by atoms with Crippen molar-refractivity contribution in [3.8, 4) is 18.2 Å². The molecule has 0 saturated heterocycles. The van der Waals surface area contributed by atoms with E-state index in [1.165, 1.54) is 13.0 Å². The fourth-order valence-corrected chi connectivity index (χ4v) is 2.68. The van der Waals surface area contributed by atoms with Crippen LogP contribution in [0.5, 0.6) is 5.75 Å². The zero-order valence-electron chi connectivity index (χ0n) is 18.6. The number of carbonyl (C=O) groups excluding carboxylic acids is 3. The zero-order chi connectivity index (χ0) is 23.2. The van der Waals surface area contributed by atoms with E-state index in [9.17, 15) is 19.5 Å². The molecule has 0 bridgehead atoms. The SMILES string of the molecule is C#CN(C(=O)C(C)NC(=O)OC(C)(C)C)C(C(=O)NC(C)C)c1cccc(C)c1O. The summed E-state index contributed by atoms with van der Waals surface area (Å²) < 4.78 is 5.16. The quantitative estimate of drug-likeness (QED) is 0.487. The molecule has 3 amide bonds. The van der Waals surface area contributed by atoms with E-state index < -0.39 is 35.6 Å². The summed E-state index contributed by atoms with van der Waals surface area (Å²) in [4.78, 5) is 38.9. The van der Waals surface area contributed by atoms with Gasteiger partial charge in [-0.05, 0) is 54.0 Å². The number of terminal acetylenes is 1. The van der Waals surface area contributed by atoms with Gasteiger partial charge in [-0.3, -0.25) is 14.5 Å². The molecule has 1 rings (SSSR count). The van der Waals surface area contributed by atoms with Crippen molar-refractivity contribution >= 4 is 17.9 Å². The van der Waals surface area contributed by atoms with Crippen molar-refractivity contribution in [1.29, 1.82) is 0 Å². The van der Waals surface area contributed by atoms with E-state index in [-0.39, 0.29) is 17.4 Å². The number of nitrogens with zero attached hydrogens (tertiary/aromatic N) is 1. The van der Waals surface area contributed by atoms with Crippen molar-refractivity contribution in [3.63, 3.8) is 0 Å². The van der Waals surface area contributed by atoms with E-state index >= 15 is 0 Å². The van der Waals surface area contributed by atoms with Crippen LogP contribution < -0.4 is 10.6 Å². The molecule has 0 aliphatic rings. The molecule has 0 heterocycles. The molecule has 30 heavy (non-hydrogen) atoms. The van der Waals surface area contributed by atoms with Crippen LogP contribution in [0, 0.1) is 19.4 Å². The van der Waals surface area contributed by atoms with E-state index in [1.807, 2.05) is 0 Å². The summed E-state index contributed by atoms with van der Waals surface area (Å²) in [7, 11) is 0. The molecule has 8 heteroatoms. The van der Waals surface area contributed by atoms with E-state index in [1.54, 1.807) is 53.7 Å². The van der Waals surface area contributed by atoms with Crippen LogP contribution in [-0.2, 0) is 14.3 Å². The highest BCUT2D eigenvalue weighted by molar-refractivity contribution is 5.93. The molecule has 0 fully saturated rings. The number of alkyl carbamates (subject to hydrolysis) is 1. The molecule has 2 atom stereocenters. The molecular weight excluding hydrogens is 386 g/mol. The normalized spacial score (nSPS) is 13.0. The third kappa shape index (κ3) is 6.69. The van der Waals surface area contributed by atoms with Crippen LogP contribution in [0.15, 0.2) is 18.2 Å². The summed E-state index contributed by atoms with van der Waals surface area (Å²) in [6.07, 6.45) is 4.80. The fraction of sp³-hybridized carbons (Fsp3) is 0.500. The Balaban J connectivity index is 3.27. The molecule has 0 aromatic heterocycles. The number of carbonyl (C=O) groups is 3. The highest BCUT2D eigenvalue weighted by atomic mass is 16.6. The maximum atomic E-state index is 13.0. The smallest absolute Gasteiger partial charge is 0.408 e. The molecule has 0 spiro atoms. The van der Waals surface area contributed by atoms with E-state index in [0.29, 0.717) is 5.56 Å². The number of benzene rings is 1. The number of aromatic hydroxyl groups is 1. The molecule has 0 saturated carbocycles. The number of phenols is 1. The summed E-state index contributed by atoms with van der Waals surface area (Å²) in [5, 5.41) is 15.7. The van der Waals surface area contributed by atoms with Crippen molar-refractivity contribution in [3.05, 3.63) is 29.3 Å². The molecule has 1 aromatic carbocycles. The first kappa shape index (κ1) is 24.8. The fourth-order valence-electron chi connectivity index (χ4n) is 2.68. The molecule has 164 valence electrons. The number of phenolic OH excluding ortho intramolecular Hbond substituents is 1. The van der Waals surface area contributed by atoms with Crippen molar-refractivity contribution in [2.75, 3.05) is 0 Å². The Morgan fingerprint density at radius 2 is 1.77 bits per heavy atom. The van der Waals surface area contributed by atoms with Crippen molar-refractivity contribution in [2.24, 2.45) is 0 Å². The molecule has 8 nitrogen and oxygen atoms in total. The minimum Gasteiger partial charge on any atom is -0.507 e. The summed E-state index contributed by atoms with van der Waals surface area (Å²) in [5.41, 5.74) is -0.0331. The van der Waals surface area contributed by atoms with Gasteiger partial charge < -0.3 is 20.5 Å². The van der Waals surface area contributed by atoms with Gasteiger partial charge in [-0.1, -0.05) is 24.6 Å². The third-order valence-electron chi connectivity index (χ3n) is 3.98. The Morgan fingerprint density at radius 1 is 1.17 bits per heavy atom. The predicted molar refractivity (Wildman–Crippen MR) is 113 cm³/mol. The van der Waals surface area contributed by atoms with Crippen LogP contribution in [0.2, 0.25) is 0 Å². The minimum atomic E-state index is -1.28. The summed E-state index contributed by atoms with van der Waals surface area (Å²) in [5.74, 6) is -1.39. The lowest BCUT2D eigenvalue weighted by atomic mass is 9.99. The predicted octanol–water partition coefficient (Wildman–Crippen LogP) is 2.60. The summed E-state index contributed by atoms with van der Waals surface area (Å²) in [6, 6.07) is 4.49. The van der Waals surface area contributed by atoms with E-state index in [4.69, 9.17) is 11.2 Å². The average molecular weight is 418 g/mol. The summed E-state index contributed by atoms with van der Waals surface area (Å²) >= 11 is 0. The van der Waals surface area contributed by atoms with Crippen molar-refractivity contribution in [2.45, 2.75) is 72.2 Å². The molecular formula is C22H31N3O5. The minimum absolute atomic E-state index is 0.137. The molecule has 2 unspecified atom stereocenters. The second-order valence-electron chi connectivity index (χ2n) is 8.28. The second kappa shape index (κ2) is 10.0. The van der Waals surface area contributed by atoms with Gasteiger partial charge in [-0.25, -0.2) is 4.79 Å². The molecule has 0 aliphatic heterocycles. The first-order valence-corrected chi connectivity index (χ1v) is 9.66. The van der Waals surface area contributed by atoms with Gasteiger partial charge in [-0.2, -0.15) is 0 Å². The number of rotatable bonds is 6. The monoisotopic (exact) mass is 417 g/mol. The lowest BCUT2D eigenvalue weighted by Crippen LogP contribution is -2.50. The van der Waals surface area contributed by atoms with Crippen LogP contribution in [-0.4, -0.2) is 45.6 Å².